The van der Waals surface area contributed by atoms with Crippen molar-refractivity contribution in [2.75, 3.05) is 40.0 Å². The highest BCUT2D eigenvalue weighted by molar-refractivity contribution is 7.89. The van der Waals surface area contributed by atoms with Crippen LogP contribution in [0, 0.1) is 5.41 Å². The zero-order valence-corrected chi connectivity index (χ0v) is 17.0. The van der Waals surface area contributed by atoms with Gasteiger partial charge in [-0.2, -0.15) is 0 Å². The Morgan fingerprint density at radius 2 is 2.04 bits per heavy atom. The van der Waals surface area contributed by atoms with E-state index in [1.165, 1.54) is 16.8 Å². The number of halogens is 1. The third-order valence-corrected chi connectivity index (χ3v) is 5.89. The molecule has 1 aromatic heterocycles. The summed E-state index contributed by atoms with van der Waals surface area (Å²) in [5.41, 5.74) is -0.0121. The van der Waals surface area contributed by atoms with Crippen LogP contribution in [0.5, 0.6) is 0 Å². The Morgan fingerprint density at radius 3 is 2.62 bits per heavy atom. The van der Waals surface area contributed by atoms with E-state index in [4.69, 9.17) is 9.47 Å². The molecule has 0 aromatic carbocycles. The van der Waals surface area contributed by atoms with Crippen LogP contribution in [0.4, 0.5) is 0 Å². The lowest BCUT2D eigenvalue weighted by Gasteiger charge is -2.37. The first-order chi connectivity index (χ1) is 11.8. The number of ether oxygens (including phenoxy) is 2. The number of esters is 1. The Bertz CT molecular complexity index is 693. The second kappa shape index (κ2) is 9.70. The molecule has 0 atom stereocenters. The van der Waals surface area contributed by atoms with Gasteiger partial charge in [-0.15, -0.1) is 12.4 Å². The largest absolute Gasteiger partial charge is 0.461 e. The molecule has 1 saturated heterocycles. The van der Waals surface area contributed by atoms with Gasteiger partial charge < -0.3 is 19.4 Å². The number of sulfonamides is 1. The van der Waals surface area contributed by atoms with Crippen molar-refractivity contribution in [3.63, 3.8) is 0 Å². The molecule has 2 heterocycles. The van der Waals surface area contributed by atoms with E-state index in [1.807, 2.05) is 0 Å². The van der Waals surface area contributed by atoms with Crippen molar-refractivity contribution >= 4 is 28.4 Å². The van der Waals surface area contributed by atoms with Gasteiger partial charge in [0.2, 0.25) is 10.0 Å². The fraction of sp³-hybridized carbons (Fsp3) is 0.688. The number of carbonyl (C=O) groups excluding carboxylic acids is 1. The predicted molar refractivity (Wildman–Crippen MR) is 100 cm³/mol. The van der Waals surface area contributed by atoms with Gasteiger partial charge in [0, 0.05) is 32.3 Å². The van der Waals surface area contributed by atoms with Crippen molar-refractivity contribution in [2.24, 2.45) is 12.5 Å². The van der Waals surface area contributed by atoms with Crippen LogP contribution in [0.1, 0.15) is 30.3 Å². The third kappa shape index (κ3) is 5.43. The molecule has 1 aromatic rings. The van der Waals surface area contributed by atoms with Crippen LogP contribution in [-0.2, 0) is 26.5 Å². The van der Waals surface area contributed by atoms with Crippen LogP contribution >= 0.6 is 12.4 Å². The van der Waals surface area contributed by atoms with Gasteiger partial charge in [0.25, 0.3) is 0 Å². The number of carbonyl (C=O) groups is 1. The Balaban J connectivity index is 0.00000338. The Labute approximate surface area is 161 Å². The number of nitrogens with zero attached hydrogens (tertiary/aromatic N) is 1. The minimum atomic E-state index is -3.72. The topological polar surface area (TPSA) is 98.7 Å². The van der Waals surface area contributed by atoms with Gasteiger partial charge in [0.05, 0.1) is 13.2 Å². The molecule has 0 radical (unpaired) electrons. The first-order valence-corrected chi connectivity index (χ1v) is 9.85. The number of methoxy groups -OCH3 is 1. The van der Waals surface area contributed by atoms with Crippen molar-refractivity contribution in [3.05, 3.63) is 18.0 Å². The molecule has 0 unspecified atom stereocenters. The van der Waals surface area contributed by atoms with Crippen LogP contribution in [0.25, 0.3) is 0 Å². The van der Waals surface area contributed by atoms with E-state index in [1.54, 1.807) is 21.1 Å². The zero-order chi connectivity index (χ0) is 18.5. The molecule has 26 heavy (non-hydrogen) atoms. The quantitative estimate of drug-likeness (QED) is 0.619. The number of hydrogen-bond donors (Lipinski definition) is 2. The van der Waals surface area contributed by atoms with E-state index in [0.717, 1.165) is 25.9 Å². The SMILES string of the molecule is CCOC(=O)c1cc(S(=O)(=O)NCC2(COC)CCNCC2)cn1C.Cl. The average molecular weight is 410 g/mol. The lowest BCUT2D eigenvalue weighted by molar-refractivity contribution is 0.0515. The maximum absolute atomic E-state index is 12.6. The Kier molecular flexibility index (Phi) is 8.55. The molecular weight excluding hydrogens is 382 g/mol. The normalized spacial score (nSPS) is 16.7. The highest BCUT2D eigenvalue weighted by atomic mass is 35.5. The summed E-state index contributed by atoms with van der Waals surface area (Å²) < 4.78 is 39.7. The number of hydrogen-bond acceptors (Lipinski definition) is 6. The third-order valence-electron chi connectivity index (χ3n) is 4.53. The van der Waals surface area contributed by atoms with E-state index in [2.05, 4.69) is 10.0 Å². The summed E-state index contributed by atoms with van der Waals surface area (Å²) in [6.45, 7) is 4.41. The summed E-state index contributed by atoms with van der Waals surface area (Å²) in [4.78, 5) is 11.9. The van der Waals surface area contributed by atoms with Gasteiger partial charge in [-0.1, -0.05) is 0 Å². The fourth-order valence-corrected chi connectivity index (χ4v) is 4.28. The number of nitrogens with one attached hydrogen (secondary N) is 2. The minimum Gasteiger partial charge on any atom is -0.461 e. The highest BCUT2D eigenvalue weighted by Crippen LogP contribution is 2.29. The van der Waals surface area contributed by atoms with Crippen LogP contribution in [-0.4, -0.2) is 58.9 Å². The standard InChI is InChI=1S/C16H27N3O5S.ClH/c1-4-24-15(20)14-9-13(10-19(14)2)25(21,22)18-11-16(12-23-3)5-7-17-8-6-16;/h9-10,17-18H,4-8,11-12H2,1-3H3;1H. The smallest absolute Gasteiger partial charge is 0.354 e. The number of aromatic nitrogens is 1. The van der Waals surface area contributed by atoms with E-state index in [0.29, 0.717) is 13.2 Å². The number of rotatable bonds is 8. The van der Waals surface area contributed by atoms with Crippen LogP contribution in [0.2, 0.25) is 0 Å². The molecule has 150 valence electrons. The summed E-state index contributed by atoms with van der Waals surface area (Å²) in [5, 5.41) is 3.27. The number of piperidine rings is 1. The van der Waals surface area contributed by atoms with E-state index < -0.39 is 16.0 Å². The van der Waals surface area contributed by atoms with Crippen molar-refractivity contribution in [3.8, 4) is 0 Å². The van der Waals surface area contributed by atoms with Crippen molar-refractivity contribution < 1.29 is 22.7 Å². The molecule has 1 fully saturated rings. The minimum absolute atomic E-state index is 0. The maximum Gasteiger partial charge on any atom is 0.354 e. The summed E-state index contributed by atoms with van der Waals surface area (Å²) in [6.07, 6.45) is 3.10. The zero-order valence-electron chi connectivity index (χ0n) is 15.4. The van der Waals surface area contributed by atoms with Gasteiger partial charge in [0.1, 0.15) is 10.6 Å². The highest BCUT2D eigenvalue weighted by Gasteiger charge is 2.34. The van der Waals surface area contributed by atoms with E-state index >= 15 is 0 Å². The number of aryl methyl sites for hydroxylation is 1. The Hall–Kier alpha value is -1.13. The van der Waals surface area contributed by atoms with Gasteiger partial charge in [-0.3, -0.25) is 0 Å². The Morgan fingerprint density at radius 1 is 1.38 bits per heavy atom. The second-order valence-corrected chi connectivity index (χ2v) is 8.17. The van der Waals surface area contributed by atoms with Crippen molar-refractivity contribution in [2.45, 2.75) is 24.7 Å². The molecule has 2 rings (SSSR count). The first-order valence-electron chi connectivity index (χ1n) is 8.36. The lowest BCUT2D eigenvalue weighted by atomic mass is 9.80. The van der Waals surface area contributed by atoms with Crippen LogP contribution in [0.15, 0.2) is 17.2 Å². The van der Waals surface area contributed by atoms with E-state index in [-0.39, 0.29) is 35.0 Å². The molecule has 0 spiro atoms. The van der Waals surface area contributed by atoms with Crippen LogP contribution < -0.4 is 10.0 Å². The lowest BCUT2D eigenvalue weighted by Crippen LogP contribution is -2.47. The predicted octanol–water partition coefficient (Wildman–Crippen LogP) is 0.918. The molecule has 0 aliphatic carbocycles. The summed E-state index contributed by atoms with van der Waals surface area (Å²) in [6, 6.07) is 1.34. The summed E-state index contributed by atoms with van der Waals surface area (Å²) >= 11 is 0. The second-order valence-electron chi connectivity index (χ2n) is 6.40. The molecule has 10 heteroatoms. The summed E-state index contributed by atoms with van der Waals surface area (Å²) in [5.74, 6) is -0.541. The van der Waals surface area contributed by atoms with Gasteiger partial charge >= 0.3 is 5.97 Å². The monoisotopic (exact) mass is 409 g/mol. The van der Waals surface area contributed by atoms with Crippen LogP contribution in [0.3, 0.4) is 0 Å². The van der Waals surface area contributed by atoms with Crippen molar-refractivity contribution in [1.82, 2.24) is 14.6 Å². The molecular formula is C16H28ClN3O5S. The van der Waals surface area contributed by atoms with Gasteiger partial charge in [0.15, 0.2) is 0 Å². The maximum atomic E-state index is 12.6. The van der Waals surface area contributed by atoms with Crippen molar-refractivity contribution in [1.29, 1.82) is 0 Å². The molecule has 8 nitrogen and oxygen atoms in total. The molecule has 0 bridgehead atoms. The molecule has 2 N–H and O–H groups in total. The fourth-order valence-electron chi connectivity index (χ4n) is 3.06. The molecule has 1 aliphatic heterocycles. The molecule has 0 saturated carbocycles. The van der Waals surface area contributed by atoms with E-state index in [9.17, 15) is 13.2 Å². The molecule has 0 amide bonds. The average Bonchev–Trinajstić information content (AvgIpc) is 2.98. The summed E-state index contributed by atoms with van der Waals surface area (Å²) in [7, 11) is -0.479. The van der Waals surface area contributed by atoms with Gasteiger partial charge in [-0.25, -0.2) is 17.9 Å². The molecule has 1 aliphatic rings. The first kappa shape index (κ1) is 22.9. The van der Waals surface area contributed by atoms with Gasteiger partial charge in [-0.05, 0) is 38.9 Å².